The Labute approximate surface area is 165 Å². The Morgan fingerprint density at radius 3 is 2.63 bits per heavy atom. The van der Waals surface area contributed by atoms with Crippen molar-refractivity contribution < 1.29 is 22.7 Å². The zero-order chi connectivity index (χ0) is 19.0. The molecule has 2 rings (SSSR count). The molecule has 1 amide bonds. The second-order valence-electron chi connectivity index (χ2n) is 6.21. The van der Waals surface area contributed by atoms with Crippen LogP contribution in [0.15, 0.2) is 29.2 Å². The number of esters is 1. The number of carbonyl (C=O) groups is 2. The fraction of sp³-hybridized carbons (Fsp3) is 0.529. The third kappa shape index (κ3) is 7.84. The molecule has 10 heteroatoms. The molecule has 0 saturated carbocycles. The van der Waals surface area contributed by atoms with Crippen LogP contribution in [0.4, 0.5) is 5.69 Å². The van der Waals surface area contributed by atoms with Crippen molar-refractivity contribution in [2.75, 3.05) is 32.1 Å². The van der Waals surface area contributed by atoms with Gasteiger partial charge in [-0.2, -0.15) is 4.72 Å². The standard InChI is InChI=1S/C17H25N3O5S.ClH/c1-25-17(22)12-19-26(23,24)15-4-2-3-14(11-15)20-16(21)6-5-13-7-9-18-10-8-13;/h2-4,11,13,18-19H,5-10,12H2,1H3,(H,20,21);1H. The predicted octanol–water partition coefficient (Wildman–Crippen LogP) is 1.28. The minimum atomic E-state index is -3.86. The minimum Gasteiger partial charge on any atom is -0.468 e. The van der Waals surface area contributed by atoms with Crippen LogP contribution in [0.3, 0.4) is 0 Å². The monoisotopic (exact) mass is 419 g/mol. The van der Waals surface area contributed by atoms with Gasteiger partial charge < -0.3 is 15.4 Å². The van der Waals surface area contributed by atoms with E-state index in [0.717, 1.165) is 32.4 Å². The summed E-state index contributed by atoms with van der Waals surface area (Å²) in [5.74, 6) is -0.271. The van der Waals surface area contributed by atoms with Crippen molar-refractivity contribution >= 4 is 40.0 Å². The molecule has 0 bridgehead atoms. The van der Waals surface area contributed by atoms with Crippen LogP contribution in [-0.4, -0.2) is 47.0 Å². The number of piperidine rings is 1. The molecule has 0 unspecified atom stereocenters. The molecule has 1 fully saturated rings. The molecule has 1 heterocycles. The smallest absolute Gasteiger partial charge is 0.320 e. The van der Waals surface area contributed by atoms with Gasteiger partial charge in [-0.25, -0.2) is 8.42 Å². The molecule has 1 saturated heterocycles. The van der Waals surface area contributed by atoms with Crippen LogP contribution in [0.25, 0.3) is 0 Å². The number of amides is 1. The molecule has 8 nitrogen and oxygen atoms in total. The van der Waals surface area contributed by atoms with E-state index in [1.165, 1.54) is 25.3 Å². The van der Waals surface area contributed by atoms with Gasteiger partial charge in [-0.05, 0) is 56.5 Å². The molecular weight excluding hydrogens is 394 g/mol. The van der Waals surface area contributed by atoms with E-state index < -0.39 is 22.5 Å². The molecule has 1 aromatic rings. The number of hydrogen-bond donors (Lipinski definition) is 3. The van der Waals surface area contributed by atoms with Crippen molar-refractivity contribution in [1.82, 2.24) is 10.0 Å². The quantitative estimate of drug-likeness (QED) is 0.547. The fourth-order valence-electron chi connectivity index (χ4n) is 2.78. The first-order chi connectivity index (χ1) is 12.4. The lowest BCUT2D eigenvalue weighted by molar-refractivity contribution is -0.139. The normalized spacial score (nSPS) is 14.9. The summed E-state index contributed by atoms with van der Waals surface area (Å²) in [5, 5.41) is 6.02. The predicted molar refractivity (Wildman–Crippen MR) is 104 cm³/mol. The fourth-order valence-corrected chi connectivity index (χ4v) is 3.79. The van der Waals surface area contributed by atoms with Gasteiger partial charge in [-0.3, -0.25) is 9.59 Å². The summed E-state index contributed by atoms with van der Waals surface area (Å²) in [4.78, 5) is 23.2. The molecule has 1 aliphatic rings. The van der Waals surface area contributed by atoms with E-state index in [1.54, 1.807) is 6.07 Å². The Kier molecular flexibility index (Phi) is 9.71. The Bertz CT molecular complexity index is 736. The molecule has 1 aliphatic heterocycles. The van der Waals surface area contributed by atoms with E-state index in [4.69, 9.17) is 0 Å². The maximum Gasteiger partial charge on any atom is 0.320 e. The summed E-state index contributed by atoms with van der Waals surface area (Å²) in [6.07, 6.45) is 3.38. The summed E-state index contributed by atoms with van der Waals surface area (Å²) in [6, 6.07) is 5.92. The molecule has 1 aromatic carbocycles. The first-order valence-electron chi connectivity index (χ1n) is 8.58. The van der Waals surface area contributed by atoms with Crippen LogP contribution in [0.5, 0.6) is 0 Å². The number of carbonyl (C=O) groups excluding carboxylic acids is 2. The van der Waals surface area contributed by atoms with Crippen LogP contribution in [0.2, 0.25) is 0 Å². The Hall–Kier alpha value is -1.68. The molecule has 27 heavy (non-hydrogen) atoms. The van der Waals surface area contributed by atoms with E-state index in [9.17, 15) is 18.0 Å². The summed E-state index contributed by atoms with van der Waals surface area (Å²) >= 11 is 0. The molecule has 0 aromatic heterocycles. The largest absolute Gasteiger partial charge is 0.468 e. The minimum absolute atomic E-state index is 0. The van der Waals surface area contributed by atoms with Crippen molar-refractivity contribution in [3.8, 4) is 0 Å². The highest BCUT2D eigenvalue weighted by atomic mass is 35.5. The van der Waals surface area contributed by atoms with Crippen molar-refractivity contribution in [2.24, 2.45) is 5.92 Å². The summed E-state index contributed by atoms with van der Waals surface area (Å²) in [7, 11) is -2.69. The van der Waals surface area contributed by atoms with E-state index >= 15 is 0 Å². The molecule has 3 N–H and O–H groups in total. The second-order valence-corrected chi connectivity index (χ2v) is 7.98. The zero-order valence-electron chi connectivity index (χ0n) is 15.2. The number of nitrogens with one attached hydrogen (secondary N) is 3. The van der Waals surface area contributed by atoms with E-state index in [-0.39, 0.29) is 23.2 Å². The lowest BCUT2D eigenvalue weighted by atomic mass is 9.93. The maximum atomic E-state index is 12.2. The zero-order valence-corrected chi connectivity index (χ0v) is 16.8. The van der Waals surface area contributed by atoms with Gasteiger partial charge in [0.25, 0.3) is 0 Å². The number of sulfonamides is 1. The van der Waals surface area contributed by atoms with Crippen molar-refractivity contribution in [3.05, 3.63) is 24.3 Å². The number of ether oxygens (including phenoxy) is 1. The van der Waals surface area contributed by atoms with Gasteiger partial charge in [-0.15, -0.1) is 12.4 Å². The van der Waals surface area contributed by atoms with Crippen LogP contribution in [0, 0.1) is 5.92 Å². The van der Waals surface area contributed by atoms with Crippen molar-refractivity contribution in [2.45, 2.75) is 30.6 Å². The highest BCUT2D eigenvalue weighted by Crippen LogP contribution is 2.19. The van der Waals surface area contributed by atoms with E-state index in [0.29, 0.717) is 18.0 Å². The average molecular weight is 420 g/mol. The van der Waals surface area contributed by atoms with Gasteiger partial charge in [-0.1, -0.05) is 6.07 Å². The molecule has 0 atom stereocenters. The van der Waals surface area contributed by atoms with Crippen LogP contribution in [0.1, 0.15) is 25.7 Å². The number of benzene rings is 1. The van der Waals surface area contributed by atoms with Crippen molar-refractivity contribution in [3.63, 3.8) is 0 Å². The van der Waals surface area contributed by atoms with Gasteiger partial charge in [0.15, 0.2) is 0 Å². The Morgan fingerprint density at radius 1 is 1.26 bits per heavy atom. The summed E-state index contributed by atoms with van der Waals surface area (Å²) in [6.45, 7) is 1.53. The van der Waals surface area contributed by atoms with Crippen LogP contribution >= 0.6 is 12.4 Å². The first-order valence-corrected chi connectivity index (χ1v) is 10.1. The van der Waals surface area contributed by atoms with Gasteiger partial charge in [0.2, 0.25) is 15.9 Å². The number of rotatable bonds is 8. The summed E-state index contributed by atoms with van der Waals surface area (Å²) < 4.78 is 30.9. The highest BCUT2D eigenvalue weighted by Gasteiger charge is 2.17. The van der Waals surface area contributed by atoms with Crippen LogP contribution in [-0.2, 0) is 24.3 Å². The third-order valence-corrected chi connectivity index (χ3v) is 5.70. The van der Waals surface area contributed by atoms with Gasteiger partial charge in [0.1, 0.15) is 6.54 Å². The SMILES string of the molecule is COC(=O)CNS(=O)(=O)c1cccc(NC(=O)CCC2CCNCC2)c1.Cl. The number of hydrogen-bond acceptors (Lipinski definition) is 6. The van der Waals surface area contributed by atoms with E-state index in [2.05, 4.69) is 20.1 Å². The first kappa shape index (κ1) is 23.4. The van der Waals surface area contributed by atoms with Gasteiger partial charge >= 0.3 is 5.97 Å². The number of methoxy groups -OCH3 is 1. The molecule has 0 spiro atoms. The maximum absolute atomic E-state index is 12.2. The topological polar surface area (TPSA) is 114 Å². The molecule has 0 radical (unpaired) electrons. The highest BCUT2D eigenvalue weighted by molar-refractivity contribution is 7.89. The van der Waals surface area contributed by atoms with Crippen molar-refractivity contribution in [1.29, 1.82) is 0 Å². The number of halogens is 1. The second kappa shape index (κ2) is 11.2. The Balaban J connectivity index is 0.00000364. The molecule has 0 aliphatic carbocycles. The van der Waals surface area contributed by atoms with Gasteiger partial charge in [0.05, 0.1) is 12.0 Å². The summed E-state index contributed by atoms with van der Waals surface area (Å²) in [5.41, 5.74) is 0.404. The van der Waals surface area contributed by atoms with Crippen LogP contribution < -0.4 is 15.4 Å². The molecular formula is C17H26ClN3O5S. The van der Waals surface area contributed by atoms with E-state index in [1.807, 2.05) is 0 Å². The number of anilines is 1. The lowest BCUT2D eigenvalue weighted by Crippen LogP contribution is -2.30. The third-order valence-electron chi connectivity index (χ3n) is 4.30. The van der Waals surface area contributed by atoms with Gasteiger partial charge in [0, 0.05) is 12.1 Å². The molecule has 152 valence electrons. The lowest BCUT2D eigenvalue weighted by Gasteiger charge is -2.22. The Morgan fingerprint density at radius 2 is 1.96 bits per heavy atom. The average Bonchev–Trinajstić information content (AvgIpc) is 2.65.